The molecular weight excluding hydrogens is 200 g/mol. The van der Waals surface area contributed by atoms with E-state index in [4.69, 9.17) is 4.74 Å². The largest absolute Gasteiger partial charge is 0.466 e. The minimum absolute atomic E-state index is 0.230. The van der Waals surface area contributed by atoms with Crippen molar-refractivity contribution in [3.8, 4) is 0 Å². The standard InChI is InChI=1S/C9H10N2O2S/c1-2-13-9(12)5-7-10-6-8-11(7)3-4-14-8/h3-4,6H,2,5H2,1H3. The van der Waals surface area contributed by atoms with Crippen LogP contribution in [0.4, 0.5) is 0 Å². The summed E-state index contributed by atoms with van der Waals surface area (Å²) in [6.07, 6.45) is 3.90. The number of aromatic nitrogens is 2. The Balaban J connectivity index is 2.18. The number of fused-ring (bicyclic) bond motifs is 1. The Labute approximate surface area is 85.1 Å². The summed E-state index contributed by atoms with van der Waals surface area (Å²) >= 11 is 1.60. The van der Waals surface area contributed by atoms with Gasteiger partial charge in [-0.15, -0.1) is 11.3 Å². The first-order valence-electron chi connectivity index (χ1n) is 4.36. The Hall–Kier alpha value is -1.36. The molecule has 5 heteroatoms. The van der Waals surface area contributed by atoms with Crippen molar-refractivity contribution in [3.05, 3.63) is 23.6 Å². The molecule has 0 spiro atoms. The number of esters is 1. The molecule has 2 heterocycles. The lowest BCUT2D eigenvalue weighted by Crippen LogP contribution is -2.09. The number of rotatable bonds is 3. The van der Waals surface area contributed by atoms with E-state index in [1.807, 2.05) is 16.0 Å². The summed E-state index contributed by atoms with van der Waals surface area (Å²) in [7, 11) is 0. The Morgan fingerprint density at radius 3 is 3.36 bits per heavy atom. The number of hydrogen-bond donors (Lipinski definition) is 0. The Morgan fingerprint density at radius 1 is 1.71 bits per heavy atom. The molecule has 0 bridgehead atoms. The van der Waals surface area contributed by atoms with Crippen molar-refractivity contribution < 1.29 is 9.53 Å². The molecule has 0 aliphatic rings. The van der Waals surface area contributed by atoms with Crippen LogP contribution in [-0.4, -0.2) is 22.0 Å². The lowest BCUT2D eigenvalue weighted by molar-refractivity contribution is -0.142. The van der Waals surface area contributed by atoms with Gasteiger partial charge < -0.3 is 4.74 Å². The van der Waals surface area contributed by atoms with Crippen molar-refractivity contribution in [1.29, 1.82) is 0 Å². The normalized spacial score (nSPS) is 10.6. The van der Waals surface area contributed by atoms with Gasteiger partial charge in [-0.25, -0.2) is 4.98 Å². The minimum Gasteiger partial charge on any atom is -0.466 e. The van der Waals surface area contributed by atoms with Crippen LogP contribution in [-0.2, 0) is 16.0 Å². The maximum atomic E-state index is 11.2. The molecule has 0 saturated heterocycles. The molecule has 0 atom stereocenters. The highest BCUT2D eigenvalue weighted by Gasteiger charge is 2.09. The molecule has 2 rings (SSSR count). The fourth-order valence-corrected chi connectivity index (χ4v) is 1.98. The number of carbonyl (C=O) groups excluding carboxylic acids is 1. The van der Waals surface area contributed by atoms with Crippen LogP contribution in [0.1, 0.15) is 12.7 Å². The average Bonchev–Trinajstić information content (AvgIpc) is 2.70. The van der Waals surface area contributed by atoms with Gasteiger partial charge in [0, 0.05) is 11.6 Å². The average molecular weight is 210 g/mol. The van der Waals surface area contributed by atoms with Crippen molar-refractivity contribution >= 4 is 22.1 Å². The van der Waals surface area contributed by atoms with E-state index in [1.54, 1.807) is 24.5 Å². The molecule has 2 aromatic rings. The van der Waals surface area contributed by atoms with E-state index in [-0.39, 0.29) is 12.4 Å². The lowest BCUT2D eigenvalue weighted by atomic mass is 10.4. The van der Waals surface area contributed by atoms with Crippen molar-refractivity contribution in [1.82, 2.24) is 9.38 Å². The predicted molar refractivity (Wildman–Crippen MR) is 53.4 cm³/mol. The highest BCUT2D eigenvalue weighted by atomic mass is 32.1. The number of hydrogen-bond acceptors (Lipinski definition) is 4. The highest BCUT2D eigenvalue weighted by molar-refractivity contribution is 7.15. The molecule has 0 saturated carbocycles. The number of imidazole rings is 1. The Kier molecular flexibility index (Phi) is 2.49. The smallest absolute Gasteiger partial charge is 0.313 e. The van der Waals surface area contributed by atoms with Crippen LogP contribution in [0, 0.1) is 0 Å². The molecule has 74 valence electrons. The molecule has 0 unspecified atom stereocenters. The molecule has 0 amide bonds. The predicted octanol–water partition coefficient (Wildman–Crippen LogP) is 1.50. The SMILES string of the molecule is CCOC(=O)Cc1ncc2sccn12. The van der Waals surface area contributed by atoms with E-state index in [1.165, 1.54) is 0 Å². The fraction of sp³-hybridized carbons (Fsp3) is 0.333. The first kappa shape index (κ1) is 9.21. The minimum atomic E-state index is -0.230. The number of nitrogens with zero attached hydrogens (tertiary/aromatic N) is 2. The highest BCUT2D eigenvalue weighted by Crippen LogP contribution is 2.13. The lowest BCUT2D eigenvalue weighted by Gasteiger charge is -1.99. The summed E-state index contributed by atoms with van der Waals surface area (Å²) in [4.78, 5) is 16.4. The molecule has 0 fully saturated rings. The second-order valence-corrected chi connectivity index (χ2v) is 3.69. The van der Waals surface area contributed by atoms with Crippen molar-refractivity contribution in [2.75, 3.05) is 6.61 Å². The van der Waals surface area contributed by atoms with Crippen molar-refractivity contribution in [2.24, 2.45) is 0 Å². The second-order valence-electron chi connectivity index (χ2n) is 2.77. The van der Waals surface area contributed by atoms with Gasteiger partial charge in [-0.2, -0.15) is 0 Å². The van der Waals surface area contributed by atoms with Crippen LogP contribution < -0.4 is 0 Å². The summed E-state index contributed by atoms with van der Waals surface area (Å²) < 4.78 is 6.76. The zero-order chi connectivity index (χ0) is 9.97. The van der Waals surface area contributed by atoms with E-state index in [2.05, 4.69) is 4.98 Å². The third-order valence-corrected chi connectivity index (χ3v) is 2.65. The molecule has 0 radical (unpaired) electrons. The fourth-order valence-electron chi connectivity index (χ4n) is 1.26. The van der Waals surface area contributed by atoms with Gasteiger partial charge in [0.15, 0.2) is 0 Å². The first-order valence-corrected chi connectivity index (χ1v) is 5.24. The van der Waals surface area contributed by atoms with Crippen LogP contribution in [0.15, 0.2) is 17.8 Å². The van der Waals surface area contributed by atoms with E-state index in [0.29, 0.717) is 6.61 Å². The summed E-state index contributed by atoms with van der Waals surface area (Å²) in [5, 5.41) is 1.96. The molecular formula is C9H10N2O2S. The Morgan fingerprint density at radius 2 is 2.57 bits per heavy atom. The number of thiazole rings is 1. The van der Waals surface area contributed by atoms with E-state index >= 15 is 0 Å². The molecule has 0 aliphatic heterocycles. The molecule has 0 aliphatic carbocycles. The molecule has 0 aromatic carbocycles. The summed E-state index contributed by atoms with van der Waals surface area (Å²) in [6, 6.07) is 0. The quantitative estimate of drug-likeness (QED) is 0.721. The third-order valence-electron chi connectivity index (χ3n) is 1.85. The maximum Gasteiger partial charge on any atom is 0.313 e. The van der Waals surface area contributed by atoms with Gasteiger partial charge in [0.25, 0.3) is 0 Å². The summed E-state index contributed by atoms with van der Waals surface area (Å²) in [5.41, 5.74) is 0. The van der Waals surface area contributed by atoms with Gasteiger partial charge in [-0.3, -0.25) is 9.20 Å². The van der Waals surface area contributed by atoms with Crippen LogP contribution in [0.2, 0.25) is 0 Å². The van der Waals surface area contributed by atoms with Gasteiger partial charge in [0.2, 0.25) is 0 Å². The van der Waals surface area contributed by atoms with Crippen molar-refractivity contribution in [2.45, 2.75) is 13.3 Å². The second kappa shape index (κ2) is 3.79. The van der Waals surface area contributed by atoms with Gasteiger partial charge >= 0.3 is 5.97 Å². The topological polar surface area (TPSA) is 43.6 Å². The maximum absolute atomic E-state index is 11.2. The van der Waals surface area contributed by atoms with Crippen LogP contribution in [0.5, 0.6) is 0 Å². The van der Waals surface area contributed by atoms with E-state index < -0.39 is 0 Å². The zero-order valence-electron chi connectivity index (χ0n) is 7.77. The third kappa shape index (κ3) is 1.63. The first-order chi connectivity index (χ1) is 6.81. The monoisotopic (exact) mass is 210 g/mol. The molecule has 4 nitrogen and oxygen atoms in total. The van der Waals surface area contributed by atoms with Gasteiger partial charge in [0.05, 0.1) is 12.8 Å². The summed E-state index contributed by atoms with van der Waals surface area (Å²) in [6.45, 7) is 2.21. The summed E-state index contributed by atoms with van der Waals surface area (Å²) in [5.74, 6) is 0.505. The van der Waals surface area contributed by atoms with Crippen molar-refractivity contribution in [3.63, 3.8) is 0 Å². The Bertz CT molecular complexity index is 446. The van der Waals surface area contributed by atoms with E-state index in [0.717, 1.165) is 10.7 Å². The van der Waals surface area contributed by atoms with Gasteiger partial charge in [0.1, 0.15) is 17.1 Å². The number of ether oxygens (including phenoxy) is 1. The van der Waals surface area contributed by atoms with Crippen LogP contribution in [0.3, 0.4) is 0 Å². The molecule has 0 N–H and O–H groups in total. The van der Waals surface area contributed by atoms with Gasteiger partial charge in [-0.1, -0.05) is 0 Å². The van der Waals surface area contributed by atoms with Gasteiger partial charge in [-0.05, 0) is 6.92 Å². The molecule has 14 heavy (non-hydrogen) atoms. The zero-order valence-corrected chi connectivity index (χ0v) is 8.58. The van der Waals surface area contributed by atoms with E-state index in [9.17, 15) is 4.79 Å². The number of carbonyl (C=O) groups is 1. The van der Waals surface area contributed by atoms with Crippen LogP contribution in [0.25, 0.3) is 4.83 Å². The molecule has 2 aromatic heterocycles. The van der Waals surface area contributed by atoms with Crippen LogP contribution >= 0.6 is 11.3 Å².